The number of thioether (sulfide) groups is 1. The number of hydrogen-bond donors (Lipinski definition) is 1. The van der Waals surface area contributed by atoms with Gasteiger partial charge in [-0.1, -0.05) is 51.2 Å². The molecule has 3 amide bonds. The van der Waals surface area contributed by atoms with Crippen molar-refractivity contribution in [1.29, 1.82) is 0 Å². The minimum Gasteiger partial charge on any atom is -0.325 e. The Labute approximate surface area is 242 Å². The Bertz CT molecular complexity index is 1710. The van der Waals surface area contributed by atoms with Crippen LogP contribution in [0.15, 0.2) is 87.1 Å². The summed E-state index contributed by atoms with van der Waals surface area (Å²) in [5.74, 6) is -3.80. The molecule has 12 heteroatoms. The van der Waals surface area contributed by atoms with Gasteiger partial charge in [-0.15, -0.1) is 0 Å². The lowest BCUT2D eigenvalue weighted by Gasteiger charge is -2.30. The Hall–Kier alpha value is -3.61. The van der Waals surface area contributed by atoms with E-state index in [1.807, 2.05) is 0 Å². The first-order valence-corrected chi connectivity index (χ1v) is 14.5. The molecule has 1 aromatic heterocycles. The molecule has 4 aromatic rings. The summed E-state index contributed by atoms with van der Waals surface area (Å²) in [5, 5.41) is 2.19. The van der Waals surface area contributed by atoms with Gasteiger partial charge in [-0.2, -0.15) is 0 Å². The molecular weight excluding hydrogens is 624 g/mol. The Morgan fingerprint density at radius 3 is 2.15 bits per heavy atom. The molecule has 3 atom stereocenters. The number of nitrogens with one attached hydrogen (secondary N) is 1. The fourth-order valence-electron chi connectivity index (χ4n) is 5.01. The molecule has 0 aliphatic carbocycles. The van der Waals surface area contributed by atoms with Crippen LogP contribution in [0.4, 0.5) is 20.2 Å². The maximum absolute atomic E-state index is 13.8. The summed E-state index contributed by atoms with van der Waals surface area (Å²) >= 11 is 5.35. The predicted molar refractivity (Wildman–Crippen MR) is 152 cm³/mol. The van der Waals surface area contributed by atoms with Crippen LogP contribution in [0.25, 0.3) is 0 Å². The van der Waals surface area contributed by atoms with Crippen molar-refractivity contribution in [3.8, 4) is 0 Å². The van der Waals surface area contributed by atoms with E-state index in [9.17, 15) is 28.0 Å². The molecule has 6 rings (SSSR count). The first-order valence-electron chi connectivity index (χ1n) is 12.1. The van der Waals surface area contributed by atoms with Crippen molar-refractivity contribution in [2.24, 2.45) is 5.92 Å². The molecule has 0 bridgehead atoms. The molecule has 202 valence electrons. The number of halogens is 3. The third-order valence-electron chi connectivity index (χ3n) is 6.79. The number of nitrogens with zero attached hydrogens (tertiary/aromatic N) is 2. The number of anilines is 2. The average Bonchev–Trinajstić information content (AvgIpc) is 3.37. The van der Waals surface area contributed by atoms with Crippen molar-refractivity contribution in [2.45, 2.75) is 22.7 Å². The number of rotatable bonds is 5. The van der Waals surface area contributed by atoms with Gasteiger partial charge in [0.25, 0.3) is 0 Å². The number of amides is 3. The first-order chi connectivity index (χ1) is 19.2. The van der Waals surface area contributed by atoms with Crippen LogP contribution < -0.4 is 15.1 Å². The normalized spacial score (nSPS) is 19.9. The van der Waals surface area contributed by atoms with Crippen LogP contribution in [0.5, 0.6) is 0 Å². The molecule has 1 fully saturated rings. The molecule has 2 aliphatic rings. The molecular formula is C28H18BrF2N3O4S2. The number of benzene rings is 3. The molecule has 1 saturated heterocycles. The number of carbonyl (C=O) groups is 3. The van der Waals surface area contributed by atoms with Crippen LogP contribution in [-0.4, -0.2) is 27.5 Å². The molecule has 0 radical (unpaired) electrons. The lowest BCUT2D eigenvalue weighted by molar-refractivity contribution is -0.122. The van der Waals surface area contributed by atoms with Gasteiger partial charge in [0.1, 0.15) is 23.4 Å². The zero-order valence-corrected chi connectivity index (χ0v) is 23.6. The van der Waals surface area contributed by atoms with Crippen LogP contribution in [0, 0.1) is 17.6 Å². The summed E-state index contributed by atoms with van der Waals surface area (Å²) in [6, 6.07) is 17.7. The highest BCUT2D eigenvalue weighted by Gasteiger charge is 2.56. The Kier molecular flexibility index (Phi) is 6.93. The molecule has 40 heavy (non-hydrogen) atoms. The van der Waals surface area contributed by atoms with Gasteiger partial charge in [0.15, 0.2) is 0 Å². The van der Waals surface area contributed by atoms with Crippen molar-refractivity contribution in [3.63, 3.8) is 0 Å². The van der Waals surface area contributed by atoms with Gasteiger partial charge in [-0.05, 0) is 66.2 Å². The summed E-state index contributed by atoms with van der Waals surface area (Å²) in [5.41, 5.74) is 1.37. The molecule has 0 spiro atoms. The minimum atomic E-state index is -0.862. The van der Waals surface area contributed by atoms with E-state index in [-0.39, 0.29) is 6.54 Å². The molecule has 2 unspecified atom stereocenters. The molecule has 1 N–H and O–H groups in total. The van der Waals surface area contributed by atoms with Crippen molar-refractivity contribution >= 4 is 68.1 Å². The van der Waals surface area contributed by atoms with Crippen molar-refractivity contribution in [1.82, 2.24) is 4.57 Å². The van der Waals surface area contributed by atoms with E-state index < -0.39 is 51.3 Å². The zero-order valence-electron chi connectivity index (χ0n) is 20.3. The molecule has 0 saturated carbocycles. The number of thiazole rings is 1. The van der Waals surface area contributed by atoms with Crippen LogP contribution in [0.3, 0.4) is 0 Å². The highest BCUT2D eigenvalue weighted by molar-refractivity contribution is 9.10. The summed E-state index contributed by atoms with van der Waals surface area (Å²) in [6.45, 7) is -0.346. The highest BCUT2D eigenvalue weighted by atomic mass is 79.9. The zero-order chi connectivity index (χ0) is 28.1. The van der Waals surface area contributed by atoms with Gasteiger partial charge >= 0.3 is 4.87 Å². The minimum absolute atomic E-state index is 0.346. The van der Waals surface area contributed by atoms with Crippen molar-refractivity contribution in [2.75, 3.05) is 10.2 Å². The quantitative estimate of drug-likeness (QED) is 0.296. The second-order valence-electron chi connectivity index (χ2n) is 9.26. The van der Waals surface area contributed by atoms with E-state index in [1.165, 1.54) is 41.0 Å². The van der Waals surface area contributed by atoms with Crippen LogP contribution in [0.2, 0.25) is 0 Å². The van der Waals surface area contributed by atoms with E-state index in [4.69, 9.17) is 0 Å². The van der Waals surface area contributed by atoms with E-state index in [1.54, 1.807) is 36.4 Å². The molecule has 7 nitrogen and oxygen atoms in total. The number of imide groups is 1. The number of aromatic nitrogens is 1. The average molecular weight is 643 g/mol. The lowest BCUT2D eigenvalue weighted by atomic mass is 9.83. The Balaban J connectivity index is 1.40. The molecule has 3 aromatic carbocycles. The van der Waals surface area contributed by atoms with E-state index in [0.29, 0.717) is 26.8 Å². The largest absolute Gasteiger partial charge is 0.325 e. The second-order valence-corrected chi connectivity index (χ2v) is 12.3. The fourth-order valence-corrected chi connectivity index (χ4v) is 8.04. The fraction of sp³-hybridized carbons (Fsp3) is 0.143. The number of carbonyl (C=O) groups excluding carboxylic acids is 3. The monoisotopic (exact) mass is 641 g/mol. The highest BCUT2D eigenvalue weighted by Crippen LogP contribution is 2.53. The van der Waals surface area contributed by atoms with Gasteiger partial charge in [-0.25, -0.2) is 13.7 Å². The summed E-state index contributed by atoms with van der Waals surface area (Å²) in [4.78, 5) is 54.8. The maximum atomic E-state index is 13.8. The van der Waals surface area contributed by atoms with E-state index >= 15 is 0 Å². The van der Waals surface area contributed by atoms with Crippen molar-refractivity contribution in [3.05, 3.63) is 109 Å². The number of hydrogen-bond acceptors (Lipinski definition) is 6. The second kappa shape index (κ2) is 10.4. The Morgan fingerprint density at radius 2 is 1.50 bits per heavy atom. The topological polar surface area (TPSA) is 88.5 Å². The van der Waals surface area contributed by atoms with Crippen LogP contribution >= 0.6 is 39.0 Å². The third kappa shape index (κ3) is 4.69. The van der Waals surface area contributed by atoms with Crippen molar-refractivity contribution < 1.29 is 23.2 Å². The maximum Gasteiger partial charge on any atom is 0.308 e. The SMILES string of the molecule is O=C(Cn1c2c(sc1=O)[C@@H](c1ccc(F)cc1)C1C(=O)N(c3ccc(Br)cc3)C(=O)C1S2)Nc1ccc(F)cc1. The summed E-state index contributed by atoms with van der Waals surface area (Å²) in [7, 11) is 0. The van der Waals surface area contributed by atoms with Gasteiger partial charge < -0.3 is 5.32 Å². The van der Waals surface area contributed by atoms with Gasteiger partial charge in [0.05, 0.1) is 16.6 Å². The standard InChI is InChI=1S/C28H18BrF2N3O4S2/c29-15-3-11-19(12-4-15)34-25(36)22-21(14-1-5-16(30)6-2-14)24-27(39-23(22)26(34)37)33(28(38)40-24)13-20(35)32-18-9-7-17(31)8-10-18/h1-12,21-23H,13H2,(H,32,35)/t21-,22?,23?/m0/s1. The molecule has 3 heterocycles. The smallest absolute Gasteiger partial charge is 0.308 e. The van der Waals surface area contributed by atoms with Crippen LogP contribution in [0.1, 0.15) is 16.4 Å². The van der Waals surface area contributed by atoms with E-state index in [2.05, 4.69) is 21.2 Å². The van der Waals surface area contributed by atoms with Crippen LogP contribution in [-0.2, 0) is 20.9 Å². The van der Waals surface area contributed by atoms with E-state index in [0.717, 1.165) is 32.5 Å². The van der Waals surface area contributed by atoms with Gasteiger partial charge in [-0.3, -0.25) is 23.7 Å². The first kappa shape index (κ1) is 26.6. The third-order valence-corrected chi connectivity index (χ3v) is 9.93. The summed E-state index contributed by atoms with van der Waals surface area (Å²) < 4.78 is 29.2. The molecule has 2 aliphatic heterocycles. The Morgan fingerprint density at radius 1 is 0.875 bits per heavy atom. The predicted octanol–water partition coefficient (Wildman–Crippen LogP) is 5.39. The van der Waals surface area contributed by atoms with Gasteiger partial charge in [0.2, 0.25) is 17.7 Å². The number of fused-ring (bicyclic) bond motifs is 2. The van der Waals surface area contributed by atoms with Gasteiger partial charge in [0, 0.05) is 21.0 Å². The summed E-state index contributed by atoms with van der Waals surface area (Å²) in [6.07, 6.45) is 0. The lowest BCUT2D eigenvalue weighted by Crippen LogP contribution is -2.33.